The van der Waals surface area contributed by atoms with Gasteiger partial charge in [0.25, 0.3) is 5.91 Å². The Morgan fingerprint density at radius 3 is 2.57 bits per heavy atom. The van der Waals surface area contributed by atoms with Crippen LogP contribution in [0.2, 0.25) is 0 Å². The van der Waals surface area contributed by atoms with E-state index in [-0.39, 0.29) is 5.91 Å². The second-order valence-electron chi connectivity index (χ2n) is 4.84. The molecule has 8 heteroatoms. The number of aromatic nitrogens is 5. The molecule has 0 aliphatic carbocycles. The monoisotopic (exact) mass is 287 g/mol. The van der Waals surface area contributed by atoms with Crippen LogP contribution in [-0.2, 0) is 0 Å². The Hall–Kier alpha value is -2.35. The van der Waals surface area contributed by atoms with Crippen LogP contribution < -0.4 is 0 Å². The number of carbonyl (C=O) groups excluding carboxylic acids is 1. The van der Waals surface area contributed by atoms with Gasteiger partial charge in [0.1, 0.15) is 12.7 Å². The highest BCUT2D eigenvalue weighted by Crippen LogP contribution is 2.08. The lowest BCUT2D eigenvalue weighted by molar-refractivity contribution is 0.0636. The summed E-state index contributed by atoms with van der Waals surface area (Å²) in [5, 5.41) is 12.0. The van der Waals surface area contributed by atoms with E-state index < -0.39 is 0 Å². The van der Waals surface area contributed by atoms with E-state index in [1.807, 2.05) is 4.90 Å². The molecule has 2 aromatic heterocycles. The van der Waals surface area contributed by atoms with Gasteiger partial charge in [-0.25, -0.2) is 9.67 Å². The van der Waals surface area contributed by atoms with Crippen molar-refractivity contribution in [2.75, 3.05) is 32.7 Å². The molecule has 1 amide bonds. The minimum Gasteiger partial charge on any atom is -0.335 e. The van der Waals surface area contributed by atoms with Gasteiger partial charge in [-0.3, -0.25) is 4.79 Å². The lowest BCUT2D eigenvalue weighted by Gasteiger charge is -2.33. The van der Waals surface area contributed by atoms with Crippen LogP contribution in [0, 0.1) is 0 Å². The second-order valence-corrected chi connectivity index (χ2v) is 4.84. The smallest absolute Gasteiger partial charge is 0.274 e. The fourth-order valence-electron chi connectivity index (χ4n) is 2.32. The molecule has 1 fully saturated rings. The highest BCUT2D eigenvalue weighted by Gasteiger charge is 2.22. The number of likely N-dealkylation sites (N-methyl/N-ethyl adjacent to an activating group) is 1. The Morgan fingerprint density at radius 1 is 1.19 bits per heavy atom. The summed E-state index contributed by atoms with van der Waals surface area (Å²) < 4.78 is 1.50. The van der Waals surface area contributed by atoms with E-state index >= 15 is 0 Å². The van der Waals surface area contributed by atoms with Crippen molar-refractivity contribution in [3.8, 4) is 5.82 Å². The third-order valence-electron chi connectivity index (χ3n) is 3.63. The Bertz CT molecular complexity index is 587. The number of rotatable bonds is 3. The van der Waals surface area contributed by atoms with Crippen LogP contribution in [0.4, 0.5) is 0 Å². The van der Waals surface area contributed by atoms with E-state index in [1.54, 1.807) is 12.1 Å². The zero-order valence-corrected chi connectivity index (χ0v) is 11.9. The molecule has 1 aliphatic rings. The number of nitrogens with zero attached hydrogens (tertiary/aromatic N) is 7. The molecule has 0 saturated carbocycles. The van der Waals surface area contributed by atoms with Crippen molar-refractivity contribution in [2.45, 2.75) is 6.92 Å². The van der Waals surface area contributed by atoms with Crippen LogP contribution in [0.25, 0.3) is 5.82 Å². The van der Waals surface area contributed by atoms with E-state index in [4.69, 9.17) is 0 Å². The highest BCUT2D eigenvalue weighted by molar-refractivity contribution is 5.92. The van der Waals surface area contributed by atoms with Crippen LogP contribution >= 0.6 is 0 Å². The summed E-state index contributed by atoms with van der Waals surface area (Å²) in [6.45, 7) is 6.44. The maximum atomic E-state index is 12.4. The number of carbonyl (C=O) groups is 1. The van der Waals surface area contributed by atoms with Crippen LogP contribution in [0.3, 0.4) is 0 Å². The first-order chi connectivity index (χ1) is 10.3. The SMILES string of the molecule is CCN1CCN(C(=O)c2ccc(-n3cncn3)nn2)CC1. The second kappa shape index (κ2) is 5.96. The maximum absolute atomic E-state index is 12.4. The van der Waals surface area contributed by atoms with Gasteiger partial charge in [0, 0.05) is 26.2 Å². The first-order valence-electron chi connectivity index (χ1n) is 6.98. The normalized spacial score (nSPS) is 16.1. The minimum absolute atomic E-state index is 0.0663. The summed E-state index contributed by atoms with van der Waals surface area (Å²) in [6, 6.07) is 3.40. The van der Waals surface area contributed by atoms with E-state index in [2.05, 4.69) is 32.1 Å². The van der Waals surface area contributed by atoms with Crippen LogP contribution in [0.15, 0.2) is 24.8 Å². The van der Waals surface area contributed by atoms with E-state index in [0.717, 1.165) is 32.7 Å². The van der Waals surface area contributed by atoms with Gasteiger partial charge in [0.15, 0.2) is 11.5 Å². The number of piperazine rings is 1. The van der Waals surface area contributed by atoms with E-state index in [1.165, 1.54) is 17.3 Å². The Balaban J connectivity index is 1.68. The zero-order valence-electron chi connectivity index (χ0n) is 11.9. The van der Waals surface area contributed by atoms with Gasteiger partial charge in [-0.15, -0.1) is 10.2 Å². The molecule has 0 unspecified atom stereocenters. The molecular weight excluding hydrogens is 270 g/mol. The third kappa shape index (κ3) is 2.89. The third-order valence-corrected chi connectivity index (χ3v) is 3.63. The van der Waals surface area contributed by atoms with Crippen molar-refractivity contribution in [3.63, 3.8) is 0 Å². The zero-order chi connectivity index (χ0) is 14.7. The largest absolute Gasteiger partial charge is 0.335 e. The van der Waals surface area contributed by atoms with Gasteiger partial charge in [0.2, 0.25) is 0 Å². The summed E-state index contributed by atoms with van der Waals surface area (Å²) in [4.78, 5) is 20.4. The van der Waals surface area contributed by atoms with Gasteiger partial charge < -0.3 is 9.80 Å². The predicted octanol–water partition coefficient (Wildman–Crippen LogP) is -0.165. The predicted molar refractivity (Wildman–Crippen MR) is 75.0 cm³/mol. The molecule has 110 valence electrons. The van der Waals surface area contributed by atoms with Gasteiger partial charge in [-0.05, 0) is 18.7 Å². The standard InChI is InChI=1S/C13H17N7O/c1-2-18-5-7-19(8-6-18)13(21)11-3-4-12(17-16-11)20-10-14-9-15-20/h3-4,9-10H,2,5-8H2,1H3. The summed E-state index contributed by atoms with van der Waals surface area (Å²) in [5.74, 6) is 0.475. The molecule has 0 aromatic carbocycles. The molecule has 2 aromatic rings. The Labute approximate surface area is 122 Å². The lowest BCUT2D eigenvalue weighted by Crippen LogP contribution is -2.48. The molecule has 0 bridgehead atoms. The minimum atomic E-state index is -0.0663. The van der Waals surface area contributed by atoms with Gasteiger partial charge in [-0.2, -0.15) is 5.10 Å². The molecule has 3 heterocycles. The quantitative estimate of drug-likeness (QED) is 0.780. The number of hydrogen-bond donors (Lipinski definition) is 0. The molecule has 0 atom stereocenters. The Morgan fingerprint density at radius 2 is 2.00 bits per heavy atom. The average Bonchev–Trinajstić information content (AvgIpc) is 3.09. The van der Waals surface area contributed by atoms with Crippen molar-refractivity contribution in [2.24, 2.45) is 0 Å². The first kappa shape index (κ1) is 13.6. The maximum Gasteiger partial charge on any atom is 0.274 e. The van der Waals surface area contributed by atoms with Crippen LogP contribution in [-0.4, -0.2) is 73.4 Å². The molecular formula is C13H17N7O. The molecule has 8 nitrogen and oxygen atoms in total. The first-order valence-corrected chi connectivity index (χ1v) is 6.98. The average molecular weight is 287 g/mol. The molecule has 0 radical (unpaired) electrons. The highest BCUT2D eigenvalue weighted by atomic mass is 16.2. The topological polar surface area (TPSA) is 80.0 Å². The molecule has 0 N–H and O–H groups in total. The van der Waals surface area contributed by atoms with Gasteiger partial charge >= 0.3 is 0 Å². The van der Waals surface area contributed by atoms with Crippen molar-refractivity contribution < 1.29 is 4.79 Å². The molecule has 1 saturated heterocycles. The molecule has 1 aliphatic heterocycles. The fourth-order valence-corrected chi connectivity index (χ4v) is 2.32. The van der Waals surface area contributed by atoms with E-state index in [0.29, 0.717) is 11.5 Å². The van der Waals surface area contributed by atoms with Gasteiger partial charge in [0.05, 0.1) is 0 Å². The van der Waals surface area contributed by atoms with Gasteiger partial charge in [-0.1, -0.05) is 6.92 Å². The van der Waals surface area contributed by atoms with Crippen molar-refractivity contribution in [1.29, 1.82) is 0 Å². The van der Waals surface area contributed by atoms with Crippen LogP contribution in [0.5, 0.6) is 0 Å². The molecule has 21 heavy (non-hydrogen) atoms. The van der Waals surface area contributed by atoms with Crippen LogP contribution in [0.1, 0.15) is 17.4 Å². The number of amides is 1. The Kier molecular flexibility index (Phi) is 3.87. The summed E-state index contributed by atoms with van der Waals surface area (Å²) in [6.07, 6.45) is 2.96. The van der Waals surface area contributed by atoms with Crippen molar-refractivity contribution in [1.82, 2.24) is 34.8 Å². The summed E-state index contributed by atoms with van der Waals surface area (Å²) >= 11 is 0. The van der Waals surface area contributed by atoms with Crippen molar-refractivity contribution in [3.05, 3.63) is 30.5 Å². The summed E-state index contributed by atoms with van der Waals surface area (Å²) in [7, 11) is 0. The summed E-state index contributed by atoms with van der Waals surface area (Å²) in [5.41, 5.74) is 0.365. The lowest BCUT2D eigenvalue weighted by atomic mass is 10.2. The number of hydrogen-bond acceptors (Lipinski definition) is 6. The molecule has 0 spiro atoms. The molecule has 3 rings (SSSR count). The van der Waals surface area contributed by atoms with Crippen molar-refractivity contribution >= 4 is 5.91 Å². The van der Waals surface area contributed by atoms with E-state index in [9.17, 15) is 4.79 Å². The fraction of sp³-hybridized carbons (Fsp3) is 0.462.